The molecule has 3 heteroatoms. The molecule has 14 heavy (non-hydrogen) atoms. The number of nitrogens with one attached hydrogen (secondary N) is 1. The summed E-state index contributed by atoms with van der Waals surface area (Å²) in [6.07, 6.45) is 0. The molecule has 1 unspecified atom stereocenters. The maximum absolute atomic E-state index is 5.07. The minimum absolute atomic E-state index is 0.584. The monoisotopic (exact) mass is 211 g/mol. The Labute approximate surface area is 90.2 Å². The van der Waals surface area contributed by atoms with Crippen LogP contribution in [0.1, 0.15) is 6.92 Å². The van der Waals surface area contributed by atoms with Crippen LogP contribution in [0.4, 0.5) is 5.69 Å². The highest BCUT2D eigenvalue weighted by molar-refractivity contribution is 8.00. The van der Waals surface area contributed by atoms with Gasteiger partial charge in [0.1, 0.15) is 0 Å². The van der Waals surface area contributed by atoms with Gasteiger partial charge >= 0.3 is 0 Å². The summed E-state index contributed by atoms with van der Waals surface area (Å²) in [5.41, 5.74) is 1.15. The second-order valence-electron chi connectivity index (χ2n) is 3.34. The maximum Gasteiger partial charge on any atom is 0.0496 e. The topological polar surface area (TPSA) is 21.3 Å². The van der Waals surface area contributed by atoms with Gasteiger partial charge in [0.15, 0.2) is 0 Å². The van der Waals surface area contributed by atoms with E-state index in [4.69, 9.17) is 4.74 Å². The lowest BCUT2D eigenvalue weighted by Crippen LogP contribution is -2.07. The lowest BCUT2D eigenvalue weighted by Gasteiger charge is -2.10. The summed E-state index contributed by atoms with van der Waals surface area (Å²) in [5, 5.41) is 0. The minimum atomic E-state index is 0.584. The zero-order valence-electron chi connectivity index (χ0n) is 8.69. The molecular formula is C11H17NOS. The maximum atomic E-state index is 5.07. The molecule has 0 bridgehead atoms. The Bertz CT molecular complexity index is 240. The van der Waals surface area contributed by atoms with E-state index in [0.717, 1.165) is 18.0 Å². The fraction of sp³-hybridized carbons (Fsp3) is 0.455. The van der Waals surface area contributed by atoms with Gasteiger partial charge in [-0.2, -0.15) is 0 Å². The predicted octanol–water partition coefficient (Wildman–Crippen LogP) is 3.03. The quantitative estimate of drug-likeness (QED) is 0.731. The number of hydrogen-bond acceptors (Lipinski definition) is 3. The van der Waals surface area contributed by atoms with E-state index in [1.165, 1.54) is 0 Å². The molecule has 1 rings (SSSR count). The van der Waals surface area contributed by atoms with Crippen molar-refractivity contribution >= 4 is 17.6 Å². The summed E-state index contributed by atoms with van der Waals surface area (Å²) in [6.45, 7) is 3.01. The second-order valence-corrected chi connectivity index (χ2v) is 4.17. The summed E-state index contributed by atoms with van der Waals surface area (Å²) >= 11 is 1.72. The van der Waals surface area contributed by atoms with E-state index >= 15 is 0 Å². The molecule has 0 saturated heterocycles. The highest BCUT2D eigenvalue weighted by atomic mass is 32.2. The van der Waals surface area contributed by atoms with Crippen LogP contribution in [0, 0.1) is 5.92 Å². The van der Waals surface area contributed by atoms with Crippen molar-refractivity contribution < 1.29 is 4.74 Å². The van der Waals surface area contributed by atoms with Crippen molar-refractivity contribution in [1.29, 1.82) is 0 Å². The normalized spacial score (nSPS) is 12.4. The van der Waals surface area contributed by atoms with Gasteiger partial charge < -0.3 is 9.46 Å². The van der Waals surface area contributed by atoms with Gasteiger partial charge in [-0.3, -0.25) is 0 Å². The molecule has 1 aromatic carbocycles. The summed E-state index contributed by atoms with van der Waals surface area (Å²) in [7, 11) is 1.74. The summed E-state index contributed by atoms with van der Waals surface area (Å²) < 4.78 is 8.36. The van der Waals surface area contributed by atoms with Gasteiger partial charge in [0, 0.05) is 25.2 Å². The molecule has 0 saturated carbocycles. The van der Waals surface area contributed by atoms with Crippen molar-refractivity contribution in [1.82, 2.24) is 0 Å². The molecule has 0 aliphatic heterocycles. The summed E-state index contributed by atoms with van der Waals surface area (Å²) in [5.74, 6) is 1.64. The highest BCUT2D eigenvalue weighted by Gasteiger charge is 2.00. The third-order valence-corrected chi connectivity index (χ3v) is 2.90. The molecule has 1 atom stereocenters. The number of ether oxygens (including phenoxy) is 1. The Morgan fingerprint density at radius 3 is 2.71 bits per heavy atom. The third-order valence-electron chi connectivity index (χ3n) is 1.78. The first-order chi connectivity index (χ1) is 6.83. The number of hydrogen-bond donors (Lipinski definition) is 1. The second kappa shape index (κ2) is 6.74. The van der Waals surface area contributed by atoms with Crippen LogP contribution in [0.3, 0.4) is 0 Å². The highest BCUT2D eigenvalue weighted by Crippen LogP contribution is 2.14. The van der Waals surface area contributed by atoms with E-state index in [-0.39, 0.29) is 0 Å². The van der Waals surface area contributed by atoms with Crippen LogP contribution in [-0.4, -0.2) is 19.5 Å². The van der Waals surface area contributed by atoms with Crippen LogP contribution in [0.2, 0.25) is 0 Å². The fourth-order valence-electron chi connectivity index (χ4n) is 1.11. The van der Waals surface area contributed by atoms with Crippen LogP contribution < -0.4 is 4.72 Å². The average Bonchev–Trinajstić information content (AvgIpc) is 2.20. The van der Waals surface area contributed by atoms with Crippen molar-refractivity contribution in [3.8, 4) is 0 Å². The van der Waals surface area contributed by atoms with Gasteiger partial charge in [0.25, 0.3) is 0 Å². The van der Waals surface area contributed by atoms with Crippen LogP contribution in [0.5, 0.6) is 0 Å². The van der Waals surface area contributed by atoms with Crippen molar-refractivity contribution in [3.05, 3.63) is 30.3 Å². The molecule has 78 valence electrons. The first-order valence-electron chi connectivity index (χ1n) is 4.74. The van der Waals surface area contributed by atoms with Crippen LogP contribution >= 0.6 is 11.9 Å². The number of rotatable bonds is 6. The smallest absolute Gasteiger partial charge is 0.0496 e. The van der Waals surface area contributed by atoms with Crippen molar-refractivity contribution in [2.45, 2.75) is 6.92 Å². The largest absolute Gasteiger partial charge is 0.384 e. The Morgan fingerprint density at radius 2 is 2.07 bits per heavy atom. The molecule has 0 spiro atoms. The summed E-state index contributed by atoms with van der Waals surface area (Å²) in [6, 6.07) is 10.2. The Hall–Kier alpha value is -0.670. The van der Waals surface area contributed by atoms with Gasteiger partial charge in [-0.25, -0.2) is 0 Å². The minimum Gasteiger partial charge on any atom is -0.384 e. The molecule has 0 amide bonds. The number of methoxy groups -OCH3 is 1. The van der Waals surface area contributed by atoms with Crippen molar-refractivity contribution in [2.75, 3.05) is 24.2 Å². The van der Waals surface area contributed by atoms with E-state index < -0.39 is 0 Å². The standard InChI is InChI=1S/C11H17NOS/c1-10(8-13-2)9-14-12-11-6-4-3-5-7-11/h3-7,10,12H,8-9H2,1-2H3. The molecule has 0 radical (unpaired) electrons. The van der Waals surface area contributed by atoms with E-state index in [1.54, 1.807) is 19.1 Å². The lowest BCUT2D eigenvalue weighted by atomic mass is 10.2. The van der Waals surface area contributed by atoms with Gasteiger partial charge in [-0.05, 0) is 18.1 Å². The molecule has 1 N–H and O–H groups in total. The lowest BCUT2D eigenvalue weighted by molar-refractivity contribution is 0.168. The van der Waals surface area contributed by atoms with Crippen molar-refractivity contribution in [3.63, 3.8) is 0 Å². The molecule has 0 fully saturated rings. The fourth-order valence-corrected chi connectivity index (χ4v) is 1.87. The Morgan fingerprint density at radius 1 is 1.36 bits per heavy atom. The summed E-state index contributed by atoms with van der Waals surface area (Å²) in [4.78, 5) is 0. The van der Waals surface area contributed by atoms with E-state index in [9.17, 15) is 0 Å². The molecule has 1 aromatic rings. The third kappa shape index (κ3) is 4.53. The first kappa shape index (κ1) is 11.4. The molecule has 0 aromatic heterocycles. The number of benzene rings is 1. The molecule has 0 heterocycles. The zero-order chi connectivity index (χ0) is 10.2. The average molecular weight is 211 g/mol. The number of anilines is 1. The van der Waals surface area contributed by atoms with Crippen LogP contribution in [-0.2, 0) is 4.74 Å². The van der Waals surface area contributed by atoms with E-state index in [0.29, 0.717) is 5.92 Å². The van der Waals surface area contributed by atoms with Crippen LogP contribution in [0.25, 0.3) is 0 Å². The molecular weight excluding hydrogens is 194 g/mol. The molecule has 2 nitrogen and oxygen atoms in total. The van der Waals surface area contributed by atoms with Gasteiger partial charge in [0.2, 0.25) is 0 Å². The van der Waals surface area contributed by atoms with Crippen LogP contribution in [0.15, 0.2) is 30.3 Å². The van der Waals surface area contributed by atoms with Gasteiger partial charge in [0.05, 0.1) is 0 Å². The zero-order valence-corrected chi connectivity index (χ0v) is 9.51. The van der Waals surface area contributed by atoms with Gasteiger partial charge in [-0.15, -0.1) is 0 Å². The number of para-hydroxylation sites is 1. The SMILES string of the molecule is COCC(C)CSNc1ccccc1. The van der Waals surface area contributed by atoms with Gasteiger partial charge in [-0.1, -0.05) is 37.1 Å². The molecule has 0 aliphatic rings. The van der Waals surface area contributed by atoms with Crippen molar-refractivity contribution in [2.24, 2.45) is 5.92 Å². The Kier molecular flexibility index (Phi) is 5.49. The van der Waals surface area contributed by atoms with E-state index in [2.05, 4.69) is 23.8 Å². The van der Waals surface area contributed by atoms with E-state index in [1.807, 2.05) is 18.2 Å². The first-order valence-corrected chi connectivity index (χ1v) is 5.73. The predicted molar refractivity (Wildman–Crippen MR) is 63.6 cm³/mol. The Balaban J connectivity index is 2.16. The molecule has 0 aliphatic carbocycles.